The molecule has 0 bridgehead atoms. The molecule has 0 amide bonds. The fourth-order valence-corrected chi connectivity index (χ4v) is 2.64. The number of aliphatic hydroxyl groups is 2. The second kappa shape index (κ2) is 7.26. The molecule has 0 aliphatic carbocycles. The first kappa shape index (κ1) is 16.3. The Hall–Kier alpha value is -1.08. The number of benzene rings is 1. The Bertz CT molecular complexity index is 463. The first-order valence-electron chi connectivity index (χ1n) is 7.21. The van der Waals surface area contributed by atoms with Crippen molar-refractivity contribution in [2.75, 3.05) is 39.3 Å². The summed E-state index contributed by atoms with van der Waals surface area (Å²) in [5.74, 6) is -1.14. The van der Waals surface area contributed by atoms with Crippen LogP contribution in [-0.2, 0) is 0 Å². The van der Waals surface area contributed by atoms with Crippen LogP contribution in [0.2, 0.25) is 0 Å². The molecule has 0 radical (unpaired) electrons. The van der Waals surface area contributed by atoms with Crippen molar-refractivity contribution >= 4 is 0 Å². The van der Waals surface area contributed by atoms with Gasteiger partial charge in [0.15, 0.2) is 0 Å². The Morgan fingerprint density at radius 1 is 1.05 bits per heavy atom. The molecule has 0 spiro atoms. The predicted octanol–water partition coefficient (Wildman–Crippen LogP) is 0.997. The first-order chi connectivity index (χ1) is 9.95. The van der Waals surface area contributed by atoms with Crippen molar-refractivity contribution in [3.63, 3.8) is 0 Å². The molecule has 0 aromatic heterocycles. The van der Waals surface area contributed by atoms with E-state index < -0.39 is 17.7 Å². The molecule has 6 heteroatoms. The third-order valence-electron chi connectivity index (χ3n) is 3.74. The van der Waals surface area contributed by atoms with Crippen LogP contribution in [0.5, 0.6) is 0 Å². The van der Waals surface area contributed by atoms with Crippen molar-refractivity contribution in [2.24, 2.45) is 0 Å². The fraction of sp³-hybridized carbons (Fsp3) is 0.600. The van der Waals surface area contributed by atoms with Gasteiger partial charge in [-0.25, -0.2) is 8.78 Å². The van der Waals surface area contributed by atoms with Crippen molar-refractivity contribution < 1.29 is 19.0 Å². The predicted molar refractivity (Wildman–Crippen MR) is 75.9 cm³/mol. The maximum Gasteiger partial charge on any atom is 0.129 e. The largest absolute Gasteiger partial charge is 0.392 e. The van der Waals surface area contributed by atoms with E-state index in [1.807, 2.05) is 4.90 Å². The van der Waals surface area contributed by atoms with Crippen LogP contribution >= 0.6 is 0 Å². The Labute approximate surface area is 123 Å². The number of β-amino-alcohol motifs (C(OH)–C–C–N with tert-alkyl or cyclic N) is 2. The number of hydrogen-bond donors (Lipinski definition) is 2. The average molecular weight is 300 g/mol. The number of hydrogen-bond acceptors (Lipinski definition) is 4. The molecular formula is C15H22F2N2O2. The molecule has 1 heterocycles. The fourth-order valence-electron chi connectivity index (χ4n) is 2.64. The van der Waals surface area contributed by atoms with E-state index in [2.05, 4.69) is 4.90 Å². The quantitative estimate of drug-likeness (QED) is 0.851. The summed E-state index contributed by atoms with van der Waals surface area (Å²) in [5.41, 5.74) is 0.00131. The highest BCUT2D eigenvalue weighted by molar-refractivity contribution is 5.21. The van der Waals surface area contributed by atoms with E-state index in [0.29, 0.717) is 6.54 Å². The van der Waals surface area contributed by atoms with E-state index in [-0.39, 0.29) is 18.2 Å². The molecule has 1 aliphatic rings. The highest BCUT2D eigenvalue weighted by atomic mass is 19.1. The number of nitrogens with zero attached hydrogens (tertiary/aromatic N) is 2. The number of halogens is 2. The summed E-state index contributed by atoms with van der Waals surface area (Å²) in [6.45, 7) is 5.73. The standard InChI is InChI=1S/C15H22F2N2O2/c1-11(20)9-18-4-6-19(7-5-18)10-15(21)13-8-12(16)2-3-14(13)17/h2-3,8,11,15,20-21H,4-7,9-10H2,1H3/t11-,15+/m1/s1. The van der Waals surface area contributed by atoms with Crippen LogP contribution in [0.4, 0.5) is 8.78 Å². The molecule has 4 nitrogen and oxygen atoms in total. The van der Waals surface area contributed by atoms with E-state index >= 15 is 0 Å². The van der Waals surface area contributed by atoms with Crippen LogP contribution in [0, 0.1) is 11.6 Å². The van der Waals surface area contributed by atoms with E-state index in [1.54, 1.807) is 6.92 Å². The molecule has 0 saturated carbocycles. The highest BCUT2D eigenvalue weighted by Crippen LogP contribution is 2.20. The molecule has 118 valence electrons. The summed E-state index contributed by atoms with van der Waals surface area (Å²) in [7, 11) is 0. The molecule has 2 rings (SSSR count). The van der Waals surface area contributed by atoms with Gasteiger partial charge in [0.25, 0.3) is 0 Å². The summed E-state index contributed by atoms with van der Waals surface area (Å²) in [6.07, 6.45) is -1.40. The molecule has 2 atom stereocenters. The smallest absolute Gasteiger partial charge is 0.129 e. The van der Waals surface area contributed by atoms with Gasteiger partial charge in [-0.3, -0.25) is 9.80 Å². The van der Waals surface area contributed by atoms with Gasteiger partial charge in [0, 0.05) is 44.8 Å². The molecule has 21 heavy (non-hydrogen) atoms. The summed E-state index contributed by atoms with van der Waals surface area (Å²) in [4.78, 5) is 4.17. The number of piperazine rings is 1. The van der Waals surface area contributed by atoms with E-state index in [0.717, 1.165) is 44.4 Å². The molecular weight excluding hydrogens is 278 g/mol. The minimum absolute atomic E-state index is 0.00131. The molecule has 0 unspecified atom stereocenters. The lowest BCUT2D eigenvalue weighted by Gasteiger charge is -2.36. The minimum atomic E-state index is -1.04. The third-order valence-corrected chi connectivity index (χ3v) is 3.74. The minimum Gasteiger partial charge on any atom is -0.392 e. The summed E-state index contributed by atoms with van der Waals surface area (Å²) < 4.78 is 26.7. The maximum absolute atomic E-state index is 13.6. The Morgan fingerprint density at radius 3 is 2.19 bits per heavy atom. The van der Waals surface area contributed by atoms with Gasteiger partial charge < -0.3 is 10.2 Å². The van der Waals surface area contributed by atoms with E-state index in [4.69, 9.17) is 0 Å². The summed E-state index contributed by atoms with van der Waals surface area (Å²) in [6, 6.07) is 3.12. The lowest BCUT2D eigenvalue weighted by molar-refractivity contribution is 0.0516. The zero-order chi connectivity index (χ0) is 15.4. The SMILES string of the molecule is C[C@@H](O)CN1CCN(C[C@H](O)c2cc(F)ccc2F)CC1. The number of aliphatic hydroxyl groups excluding tert-OH is 2. The van der Waals surface area contributed by atoms with Gasteiger partial charge in [0.1, 0.15) is 11.6 Å². The molecule has 1 aromatic rings. The van der Waals surface area contributed by atoms with Gasteiger partial charge in [-0.15, -0.1) is 0 Å². The summed E-state index contributed by atoms with van der Waals surface area (Å²) in [5, 5.41) is 19.4. The maximum atomic E-state index is 13.6. The van der Waals surface area contributed by atoms with Crippen LogP contribution in [0.1, 0.15) is 18.6 Å². The lowest BCUT2D eigenvalue weighted by atomic mass is 10.1. The van der Waals surface area contributed by atoms with Gasteiger partial charge in [0.05, 0.1) is 12.2 Å². The second-order valence-corrected chi connectivity index (χ2v) is 5.63. The zero-order valence-electron chi connectivity index (χ0n) is 12.2. The van der Waals surface area contributed by atoms with Gasteiger partial charge in [0.2, 0.25) is 0 Å². The number of rotatable bonds is 5. The lowest BCUT2D eigenvalue weighted by Crippen LogP contribution is -2.49. The Kier molecular flexibility index (Phi) is 5.64. The molecule has 1 aliphatic heterocycles. The van der Waals surface area contributed by atoms with Crippen molar-refractivity contribution in [1.29, 1.82) is 0 Å². The molecule has 1 fully saturated rings. The van der Waals surface area contributed by atoms with Gasteiger partial charge in [-0.2, -0.15) is 0 Å². The van der Waals surface area contributed by atoms with E-state index in [9.17, 15) is 19.0 Å². The summed E-state index contributed by atoms with van der Waals surface area (Å²) >= 11 is 0. The third kappa shape index (κ3) is 4.71. The van der Waals surface area contributed by atoms with Gasteiger partial charge >= 0.3 is 0 Å². The molecule has 1 saturated heterocycles. The van der Waals surface area contributed by atoms with Crippen LogP contribution in [0.15, 0.2) is 18.2 Å². The molecule has 1 aromatic carbocycles. The second-order valence-electron chi connectivity index (χ2n) is 5.63. The van der Waals surface area contributed by atoms with Crippen LogP contribution in [0.25, 0.3) is 0 Å². The van der Waals surface area contributed by atoms with Gasteiger partial charge in [-0.1, -0.05) is 0 Å². The van der Waals surface area contributed by atoms with Crippen molar-refractivity contribution in [3.8, 4) is 0 Å². The van der Waals surface area contributed by atoms with Crippen LogP contribution in [0.3, 0.4) is 0 Å². The Balaban J connectivity index is 1.87. The normalized spacial score (nSPS) is 20.4. The van der Waals surface area contributed by atoms with Crippen LogP contribution < -0.4 is 0 Å². The Morgan fingerprint density at radius 2 is 1.62 bits per heavy atom. The van der Waals surface area contributed by atoms with Crippen molar-refractivity contribution in [3.05, 3.63) is 35.4 Å². The monoisotopic (exact) mass is 300 g/mol. The average Bonchev–Trinajstić information content (AvgIpc) is 2.43. The first-order valence-corrected chi connectivity index (χ1v) is 7.21. The van der Waals surface area contributed by atoms with Crippen LogP contribution in [-0.4, -0.2) is 65.4 Å². The van der Waals surface area contributed by atoms with Gasteiger partial charge in [-0.05, 0) is 25.1 Å². The molecule has 2 N–H and O–H groups in total. The highest BCUT2D eigenvalue weighted by Gasteiger charge is 2.22. The van der Waals surface area contributed by atoms with Crippen molar-refractivity contribution in [1.82, 2.24) is 9.80 Å². The zero-order valence-corrected chi connectivity index (χ0v) is 12.2. The topological polar surface area (TPSA) is 46.9 Å². The van der Waals surface area contributed by atoms with Crippen molar-refractivity contribution in [2.45, 2.75) is 19.1 Å². The van der Waals surface area contributed by atoms with E-state index in [1.165, 1.54) is 0 Å².